The van der Waals surface area contributed by atoms with Gasteiger partial charge in [0.15, 0.2) is 5.78 Å². The van der Waals surface area contributed by atoms with Crippen LogP contribution in [0, 0.1) is 0 Å². The predicted octanol–water partition coefficient (Wildman–Crippen LogP) is 3.16. The average molecular weight is 233 g/mol. The molecule has 0 N–H and O–H groups in total. The number of hydrogen-bond acceptors (Lipinski definition) is 2. The Morgan fingerprint density at radius 1 is 1.50 bits per heavy atom. The number of alkyl halides is 1. The number of halogens is 2. The Morgan fingerprint density at radius 2 is 2.21 bits per heavy atom. The number of methoxy groups -OCH3 is 1. The first-order chi connectivity index (χ1) is 6.70. The van der Waals surface area contributed by atoms with Gasteiger partial charge in [-0.1, -0.05) is 17.7 Å². The number of rotatable bonds is 4. The largest absolute Gasteiger partial charge is 0.495 e. The number of hydrogen-bond donors (Lipinski definition) is 0. The fraction of sp³-hybridized carbons (Fsp3) is 0.300. The second-order valence-corrected chi connectivity index (χ2v) is 3.44. The van der Waals surface area contributed by atoms with Crippen molar-refractivity contribution in [2.24, 2.45) is 0 Å². The summed E-state index contributed by atoms with van der Waals surface area (Å²) in [7, 11) is 1.51. The molecule has 0 saturated heterocycles. The van der Waals surface area contributed by atoms with Crippen molar-refractivity contribution in [1.29, 1.82) is 0 Å². The van der Waals surface area contributed by atoms with Crippen LogP contribution in [0.3, 0.4) is 0 Å². The predicted molar refractivity (Wildman–Crippen MR) is 57.7 cm³/mol. The van der Waals surface area contributed by atoms with Gasteiger partial charge in [-0.15, -0.1) is 11.6 Å². The van der Waals surface area contributed by atoms with Gasteiger partial charge >= 0.3 is 0 Å². The van der Waals surface area contributed by atoms with Gasteiger partial charge in [0.05, 0.1) is 12.1 Å². The molecule has 0 saturated carbocycles. The van der Waals surface area contributed by atoms with Gasteiger partial charge in [0.25, 0.3) is 0 Å². The fourth-order valence-corrected chi connectivity index (χ4v) is 1.58. The maximum atomic E-state index is 11.5. The quantitative estimate of drug-likeness (QED) is 0.589. The van der Waals surface area contributed by atoms with Crippen LogP contribution in [0.15, 0.2) is 18.2 Å². The lowest BCUT2D eigenvalue weighted by atomic mass is 10.1. The normalized spacial score (nSPS) is 9.93. The van der Waals surface area contributed by atoms with Crippen LogP contribution in [0.4, 0.5) is 0 Å². The van der Waals surface area contributed by atoms with Gasteiger partial charge < -0.3 is 4.74 Å². The molecule has 0 aliphatic heterocycles. The van der Waals surface area contributed by atoms with E-state index in [0.29, 0.717) is 22.2 Å². The molecule has 0 aliphatic rings. The molecule has 0 radical (unpaired) electrons. The van der Waals surface area contributed by atoms with E-state index in [2.05, 4.69) is 0 Å². The minimum atomic E-state index is -0.0658. The lowest BCUT2D eigenvalue weighted by Crippen LogP contribution is -2.01. The van der Waals surface area contributed by atoms with Gasteiger partial charge in [-0.2, -0.15) is 0 Å². The Kier molecular flexibility index (Phi) is 4.23. The molecule has 0 spiro atoms. The number of benzene rings is 1. The molecule has 0 fully saturated rings. The van der Waals surface area contributed by atoms with Gasteiger partial charge in [-0.25, -0.2) is 0 Å². The van der Waals surface area contributed by atoms with Crippen LogP contribution >= 0.6 is 23.2 Å². The molecule has 1 aromatic carbocycles. The summed E-state index contributed by atoms with van der Waals surface area (Å²) in [6, 6.07) is 5.10. The van der Waals surface area contributed by atoms with Crippen LogP contribution < -0.4 is 4.74 Å². The molecule has 0 bridgehead atoms. The molecule has 0 unspecified atom stereocenters. The Hall–Kier alpha value is -0.730. The van der Waals surface area contributed by atoms with Crippen molar-refractivity contribution in [1.82, 2.24) is 0 Å². The van der Waals surface area contributed by atoms with Crippen LogP contribution in [-0.2, 0) is 0 Å². The highest BCUT2D eigenvalue weighted by Crippen LogP contribution is 2.28. The number of carbonyl (C=O) groups excluding carboxylic acids is 1. The van der Waals surface area contributed by atoms with Crippen LogP contribution in [-0.4, -0.2) is 18.8 Å². The van der Waals surface area contributed by atoms with E-state index in [9.17, 15) is 4.79 Å². The standard InChI is InChI=1S/C10H10Cl2O2/c1-14-9-4-2-3-7(10(9)12)8(13)5-6-11/h2-4H,5-6H2,1H3. The van der Waals surface area contributed by atoms with Gasteiger partial charge in [-0.3, -0.25) is 4.79 Å². The number of Topliss-reactive ketones (excluding diaryl/α,β-unsaturated/α-hetero) is 1. The highest BCUT2D eigenvalue weighted by molar-refractivity contribution is 6.35. The molecule has 0 heterocycles. The van der Waals surface area contributed by atoms with E-state index >= 15 is 0 Å². The second kappa shape index (κ2) is 5.23. The van der Waals surface area contributed by atoms with Crippen molar-refractivity contribution in [3.05, 3.63) is 28.8 Å². The third-order valence-electron chi connectivity index (χ3n) is 1.81. The molecule has 14 heavy (non-hydrogen) atoms. The third kappa shape index (κ3) is 2.40. The lowest BCUT2D eigenvalue weighted by Gasteiger charge is -2.06. The van der Waals surface area contributed by atoms with E-state index in [1.807, 2.05) is 0 Å². The Bertz CT molecular complexity index is 337. The SMILES string of the molecule is COc1cccc(C(=O)CCCl)c1Cl. The molecule has 76 valence electrons. The summed E-state index contributed by atoms with van der Waals surface area (Å²) in [6.45, 7) is 0. The molecule has 1 aromatic rings. The summed E-state index contributed by atoms with van der Waals surface area (Å²) >= 11 is 11.4. The van der Waals surface area contributed by atoms with Crippen LogP contribution in [0.25, 0.3) is 0 Å². The monoisotopic (exact) mass is 232 g/mol. The molecular formula is C10H10Cl2O2. The highest BCUT2D eigenvalue weighted by Gasteiger charge is 2.12. The van der Waals surface area contributed by atoms with E-state index in [1.165, 1.54) is 7.11 Å². The Labute approximate surface area is 92.8 Å². The molecule has 4 heteroatoms. The topological polar surface area (TPSA) is 26.3 Å². The summed E-state index contributed by atoms with van der Waals surface area (Å²) in [6.07, 6.45) is 0.286. The molecule has 0 aliphatic carbocycles. The van der Waals surface area contributed by atoms with Crippen molar-refractivity contribution in [2.45, 2.75) is 6.42 Å². The van der Waals surface area contributed by atoms with E-state index in [1.54, 1.807) is 18.2 Å². The minimum absolute atomic E-state index is 0.0658. The Balaban J connectivity index is 3.03. The summed E-state index contributed by atoms with van der Waals surface area (Å²) in [4.78, 5) is 11.5. The first-order valence-corrected chi connectivity index (χ1v) is 5.03. The first kappa shape index (κ1) is 11.3. The number of ether oxygens (including phenoxy) is 1. The van der Waals surface area contributed by atoms with Gasteiger partial charge in [0.2, 0.25) is 0 Å². The van der Waals surface area contributed by atoms with Gasteiger partial charge in [0, 0.05) is 17.9 Å². The van der Waals surface area contributed by atoms with E-state index in [-0.39, 0.29) is 12.2 Å². The molecule has 2 nitrogen and oxygen atoms in total. The zero-order valence-electron chi connectivity index (χ0n) is 7.72. The summed E-state index contributed by atoms with van der Waals surface area (Å²) in [5.74, 6) is 0.739. The maximum absolute atomic E-state index is 11.5. The van der Waals surface area contributed by atoms with Crippen LogP contribution in [0.1, 0.15) is 16.8 Å². The molecular weight excluding hydrogens is 223 g/mol. The summed E-state index contributed by atoms with van der Waals surface area (Å²) < 4.78 is 5.00. The van der Waals surface area contributed by atoms with Crippen molar-refractivity contribution >= 4 is 29.0 Å². The Morgan fingerprint density at radius 3 is 2.79 bits per heavy atom. The van der Waals surface area contributed by atoms with Crippen molar-refractivity contribution in [2.75, 3.05) is 13.0 Å². The van der Waals surface area contributed by atoms with Crippen LogP contribution in [0.2, 0.25) is 5.02 Å². The molecule has 0 amide bonds. The lowest BCUT2D eigenvalue weighted by molar-refractivity contribution is 0.0989. The highest BCUT2D eigenvalue weighted by atomic mass is 35.5. The molecule has 0 aromatic heterocycles. The van der Waals surface area contributed by atoms with E-state index in [0.717, 1.165) is 0 Å². The van der Waals surface area contributed by atoms with Gasteiger partial charge in [0.1, 0.15) is 5.75 Å². The van der Waals surface area contributed by atoms with Gasteiger partial charge in [-0.05, 0) is 12.1 Å². The van der Waals surface area contributed by atoms with Crippen LogP contribution in [0.5, 0.6) is 5.75 Å². The smallest absolute Gasteiger partial charge is 0.165 e. The van der Waals surface area contributed by atoms with Crippen molar-refractivity contribution in [3.63, 3.8) is 0 Å². The molecule has 1 rings (SSSR count). The van der Waals surface area contributed by atoms with Crippen molar-refractivity contribution < 1.29 is 9.53 Å². The summed E-state index contributed by atoms with van der Waals surface area (Å²) in [5, 5.41) is 0.352. The van der Waals surface area contributed by atoms with Crippen molar-refractivity contribution in [3.8, 4) is 5.75 Å². The third-order valence-corrected chi connectivity index (χ3v) is 2.38. The van der Waals surface area contributed by atoms with E-state index in [4.69, 9.17) is 27.9 Å². The second-order valence-electron chi connectivity index (χ2n) is 2.68. The number of carbonyl (C=O) groups is 1. The minimum Gasteiger partial charge on any atom is -0.495 e. The fourth-order valence-electron chi connectivity index (χ4n) is 1.10. The first-order valence-electron chi connectivity index (χ1n) is 4.12. The summed E-state index contributed by atoms with van der Waals surface area (Å²) in [5.41, 5.74) is 0.465. The average Bonchev–Trinajstić information content (AvgIpc) is 2.18. The molecule has 0 atom stereocenters. The van der Waals surface area contributed by atoms with E-state index < -0.39 is 0 Å². The number of ketones is 1. The maximum Gasteiger partial charge on any atom is 0.165 e. The zero-order chi connectivity index (χ0) is 10.6. The zero-order valence-corrected chi connectivity index (χ0v) is 9.23.